The maximum absolute atomic E-state index is 11.7. The topological polar surface area (TPSA) is 29.3 Å². The Morgan fingerprint density at radius 1 is 1.53 bits per heavy atom. The Morgan fingerprint density at radius 3 is 2.80 bits per heavy atom. The zero-order chi connectivity index (χ0) is 10.8. The van der Waals surface area contributed by atoms with Crippen molar-refractivity contribution in [3.63, 3.8) is 0 Å². The van der Waals surface area contributed by atoms with Gasteiger partial charge < -0.3 is 4.74 Å². The van der Waals surface area contributed by atoms with Crippen LogP contribution >= 0.6 is 15.9 Å². The zero-order valence-corrected chi connectivity index (χ0v) is 10.1. The Balaban J connectivity index is 2.13. The highest BCUT2D eigenvalue weighted by molar-refractivity contribution is 9.10. The van der Waals surface area contributed by atoms with Crippen molar-refractivity contribution in [2.24, 2.45) is 0 Å². The molecular formula is C11H12BrNO2. The van der Waals surface area contributed by atoms with Gasteiger partial charge in [0.1, 0.15) is 5.75 Å². The molecule has 0 spiro atoms. The van der Waals surface area contributed by atoms with Crippen LogP contribution in [0.1, 0.15) is 10.4 Å². The molecule has 15 heavy (non-hydrogen) atoms. The maximum Gasteiger partial charge on any atom is 0.176 e. The number of hydrogen-bond acceptors (Lipinski definition) is 3. The standard InChI is InChI=1S/C11H12BrNO2/c1-15-11-3-2-8(6-9(11)12)10(14)7-13-4-5-13/h2-3,6H,4-5,7H2,1H3. The molecule has 0 N–H and O–H groups in total. The van der Waals surface area contributed by atoms with Crippen LogP contribution in [0.5, 0.6) is 5.75 Å². The molecule has 0 aliphatic carbocycles. The summed E-state index contributed by atoms with van der Waals surface area (Å²) in [5.74, 6) is 0.911. The van der Waals surface area contributed by atoms with Gasteiger partial charge in [0, 0.05) is 18.7 Å². The molecule has 0 amide bonds. The number of methoxy groups -OCH3 is 1. The van der Waals surface area contributed by atoms with E-state index < -0.39 is 0 Å². The van der Waals surface area contributed by atoms with Crippen LogP contribution in [0.4, 0.5) is 0 Å². The molecule has 1 heterocycles. The molecule has 0 bridgehead atoms. The van der Waals surface area contributed by atoms with E-state index in [0.29, 0.717) is 6.54 Å². The van der Waals surface area contributed by atoms with Crippen molar-refractivity contribution >= 4 is 21.7 Å². The monoisotopic (exact) mass is 269 g/mol. The van der Waals surface area contributed by atoms with Gasteiger partial charge in [-0.3, -0.25) is 9.69 Å². The van der Waals surface area contributed by atoms with Gasteiger partial charge in [-0.15, -0.1) is 0 Å². The lowest BCUT2D eigenvalue weighted by atomic mass is 10.1. The first-order chi connectivity index (χ1) is 7.20. The number of ketones is 1. The molecule has 1 aliphatic rings. The van der Waals surface area contributed by atoms with Crippen molar-refractivity contribution in [2.75, 3.05) is 26.7 Å². The third-order valence-corrected chi connectivity index (χ3v) is 3.00. The fourth-order valence-electron chi connectivity index (χ4n) is 1.36. The molecule has 0 radical (unpaired) electrons. The average Bonchev–Trinajstić information content (AvgIpc) is 3.01. The molecule has 80 valence electrons. The molecule has 1 aliphatic heterocycles. The Hall–Kier alpha value is -0.870. The van der Waals surface area contributed by atoms with E-state index in [2.05, 4.69) is 20.8 Å². The number of halogens is 1. The number of ether oxygens (including phenoxy) is 1. The summed E-state index contributed by atoms with van der Waals surface area (Å²) in [5.41, 5.74) is 0.731. The fraction of sp³-hybridized carbons (Fsp3) is 0.364. The van der Waals surface area contributed by atoms with Crippen LogP contribution in [0.2, 0.25) is 0 Å². The van der Waals surface area contributed by atoms with Gasteiger partial charge in [0.05, 0.1) is 18.1 Å². The molecule has 4 heteroatoms. The third kappa shape index (κ3) is 2.58. The molecule has 1 aromatic rings. The van der Waals surface area contributed by atoms with E-state index in [0.717, 1.165) is 28.9 Å². The summed E-state index contributed by atoms with van der Waals surface area (Å²) in [6.45, 7) is 2.62. The molecule has 1 aromatic carbocycles. The second-order valence-corrected chi connectivity index (χ2v) is 4.40. The highest BCUT2D eigenvalue weighted by atomic mass is 79.9. The number of rotatable bonds is 4. The Morgan fingerprint density at radius 2 is 2.27 bits per heavy atom. The van der Waals surface area contributed by atoms with Crippen LogP contribution in [-0.2, 0) is 0 Å². The molecule has 0 atom stereocenters. The maximum atomic E-state index is 11.7. The van der Waals surface area contributed by atoms with Gasteiger partial charge in [0.15, 0.2) is 5.78 Å². The highest BCUT2D eigenvalue weighted by Gasteiger charge is 2.21. The predicted molar refractivity (Wildman–Crippen MR) is 61.5 cm³/mol. The van der Waals surface area contributed by atoms with Crippen molar-refractivity contribution < 1.29 is 9.53 Å². The SMILES string of the molecule is COc1ccc(C(=O)CN2CC2)cc1Br. The van der Waals surface area contributed by atoms with E-state index >= 15 is 0 Å². The van der Waals surface area contributed by atoms with E-state index in [9.17, 15) is 4.79 Å². The molecular weight excluding hydrogens is 258 g/mol. The average molecular weight is 270 g/mol. The third-order valence-electron chi connectivity index (χ3n) is 2.38. The van der Waals surface area contributed by atoms with E-state index in [4.69, 9.17) is 4.74 Å². The van der Waals surface area contributed by atoms with Crippen molar-refractivity contribution in [3.8, 4) is 5.75 Å². The van der Waals surface area contributed by atoms with Gasteiger partial charge in [0.25, 0.3) is 0 Å². The summed E-state index contributed by atoms with van der Waals surface area (Å²) in [6, 6.07) is 5.42. The number of benzene rings is 1. The smallest absolute Gasteiger partial charge is 0.176 e. The van der Waals surface area contributed by atoms with Crippen LogP contribution in [0.15, 0.2) is 22.7 Å². The Kier molecular flexibility index (Phi) is 3.07. The van der Waals surface area contributed by atoms with Crippen LogP contribution in [-0.4, -0.2) is 37.4 Å². The van der Waals surface area contributed by atoms with Crippen molar-refractivity contribution in [1.82, 2.24) is 4.90 Å². The molecule has 3 nitrogen and oxygen atoms in total. The summed E-state index contributed by atoms with van der Waals surface area (Å²) < 4.78 is 5.93. The van der Waals surface area contributed by atoms with E-state index in [1.807, 2.05) is 6.07 Å². The Labute approximate surface area is 97.2 Å². The van der Waals surface area contributed by atoms with Crippen LogP contribution in [0, 0.1) is 0 Å². The summed E-state index contributed by atoms with van der Waals surface area (Å²) >= 11 is 3.37. The van der Waals surface area contributed by atoms with Crippen molar-refractivity contribution in [3.05, 3.63) is 28.2 Å². The van der Waals surface area contributed by atoms with Crippen molar-refractivity contribution in [2.45, 2.75) is 0 Å². The minimum atomic E-state index is 0.163. The van der Waals surface area contributed by atoms with Gasteiger partial charge >= 0.3 is 0 Å². The summed E-state index contributed by atoms with van der Waals surface area (Å²) in [6.07, 6.45) is 0. The summed E-state index contributed by atoms with van der Waals surface area (Å²) in [4.78, 5) is 13.8. The van der Waals surface area contributed by atoms with Gasteiger partial charge in [-0.25, -0.2) is 0 Å². The van der Waals surface area contributed by atoms with Crippen LogP contribution in [0.25, 0.3) is 0 Å². The first-order valence-corrected chi connectivity index (χ1v) is 5.59. The lowest BCUT2D eigenvalue weighted by Crippen LogP contribution is -2.13. The highest BCUT2D eigenvalue weighted by Crippen LogP contribution is 2.25. The molecule has 2 rings (SSSR count). The van der Waals surface area contributed by atoms with Gasteiger partial charge in [-0.1, -0.05) is 0 Å². The second kappa shape index (κ2) is 4.33. The summed E-state index contributed by atoms with van der Waals surface area (Å²) in [7, 11) is 1.61. The Bertz CT molecular complexity index is 388. The lowest BCUT2D eigenvalue weighted by Gasteiger charge is -2.05. The largest absolute Gasteiger partial charge is 0.496 e. The predicted octanol–water partition coefficient (Wildman–Crippen LogP) is 1.96. The minimum absolute atomic E-state index is 0.163. The van der Waals surface area contributed by atoms with E-state index in [-0.39, 0.29) is 5.78 Å². The number of carbonyl (C=O) groups excluding carboxylic acids is 1. The van der Waals surface area contributed by atoms with E-state index in [1.165, 1.54) is 0 Å². The number of hydrogen-bond donors (Lipinski definition) is 0. The lowest BCUT2D eigenvalue weighted by molar-refractivity contribution is 0.0974. The number of nitrogens with zero attached hydrogens (tertiary/aromatic N) is 1. The number of Topliss-reactive ketones (excluding diaryl/α,β-unsaturated/α-hetero) is 1. The van der Waals surface area contributed by atoms with Crippen LogP contribution < -0.4 is 4.74 Å². The molecule has 0 unspecified atom stereocenters. The fourth-order valence-corrected chi connectivity index (χ4v) is 1.90. The molecule has 0 saturated carbocycles. The second-order valence-electron chi connectivity index (χ2n) is 3.55. The van der Waals surface area contributed by atoms with Gasteiger partial charge in [-0.05, 0) is 34.1 Å². The zero-order valence-electron chi connectivity index (χ0n) is 8.50. The quantitative estimate of drug-likeness (QED) is 0.618. The van der Waals surface area contributed by atoms with E-state index in [1.54, 1.807) is 19.2 Å². The van der Waals surface area contributed by atoms with Gasteiger partial charge in [0.2, 0.25) is 0 Å². The minimum Gasteiger partial charge on any atom is -0.496 e. The first-order valence-electron chi connectivity index (χ1n) is 4.80. The first kappa shape index (κ1) is 10.6. The normalized spacial score (nSPS) is 15.1. The van der Waals surface area contributed by atoms with Crippen LogP contribution in [0.3, 0.4) is 0 Å². The molecule has 0 aromatic heterocycles. The molecule has 1 fully saturated rings. The van der Waals surface area contributed by atoms with Gasteiger partial charge in [-0.2, -0.15) is 0 Å². The number of carbonyl (C=O) groups is 1. The molecule has 1 saturated heterocycles. The summed E-state index contributed by atoms with van der Waals surface area (Å²) in [5, 5.41) is 0. The van der Waals surface area contributed by atoms with Crippen molar-refractivity contribution in [1.29, 1.82) is 0 Å².